The first-order valence-electron chi connectivity index (χ1n) is 18.3. The van der Waals surface area contributed by atoms with Gasteiger partial charge in [0.15, 0.2) is 5.34 Å². The van der Waals surface area contributed by atoms with E-state index in [9.17, 15) is 4.91 Å². The Labute approximate surface area is 273 Å². The molecule has 0 aromatic heterocycles. The molecule has 4 aliphatic carbocycles. The zero-order valence-corrected chi connectivity index (χ0v) is 27.1. The summed E-state index contributed by atoms with van der Waals surface area (Å²) in [6, 6.07) is 0. The molecular weight excluding hydrogens is 598 g/mol. The number of nitrogens with zero attached hydrogens (tertiary/aromatic N) is 1. The average Bonchev–Trinajstić information content (AvgIpc) is 3.77. The van der Waals surface area contributed by atoms with Crippen LogP contribution < -0.4 is 42.5 Å². The molecule has 0 amide bonds. The minimum Gasteiger partial charge on any atom is -0.360 e. The van der Waals surface area contributed by atoms with Gasteiger partial charge in [-0.2, -0.15) is 0 Å². The predicted octanol–water partition coefficient (Wildman–Crippen LogP) is 2.28. The monoisotopic (exact) mass is 653 g/mol. The molecule has 4 saturated carbocycles. The Hall–Kier alpha value is -0.401. The van der Waals surface area contributed by atoms with Crippen molar-refractivity contribution in [3.8, 4) is 0 Å². The second-order valence-electron chi connectivity index (χ2n) is 15.9. The second-order valence-corrected chi connectivity index (χ2v) is 15.9. The van der Waals surface area contributed by atoms with Crippen LogP contribution in [0, 0.1) is 52.3 Å². The van der Waals surface area contributed by atoms with Gasteiger partial charge in [0.2, 0.25) is 0 Å². The molecule has 5 heterocycles. The fourth-order valence-electron chi connectivity index (χ4n) is 12.2. The maximum Gasteiger partial charge on any atom is 0.155 e. The third-order valence-corrected chi connectivity index (χ3v) is 14.0. The van der Waals surface area contributed by atoms with Gasteiger partial charge in [0.25, 0.3) is 0 Å². The van der Waals surface area contributed by atoms with Gasteiger partial charge in [0.1, 0.15) is 6.10 Å². The van der Waals surface area contributed by atoms with E-state index in [0.29, 0.717) is 66.1 Å². The van der Waals surface area contributed by atoms with Gasteiger partial charge in [0, 0.05) is 23.0 Å². The molecule has 9 fully saturated rings. The van der Waals surface area contributed by atoms with E-state index in [1.165, 1.54) is 77.0 Å². The summed E-state index contributed by atoms with van der Waals surface area (Å²) in [6.45, 7) is 0. The molecule has 8 bridgehead atoms. The maximum atomic E-state index is 11.4. The van der Waals surface area contributed by atoms with E-state index in [2.05, 4.69) is 47.9 Å². The summed E-state index contributed by atoms with van der Waals surface area (Å²) in [7, 11) is 0. The predicted molar refractivity (Wildman–Crippen MR) is 163 cm³/mol. The largest absolute Gasteiger partial charge is 0.360 e. The van der Waals surface area contributed by atoms with E-state index >= 15 is 0 Å². The van der Waals surface area contributed by atoms with Crippen LogP contribution in [0.15, 0.2) is 5.34 Å². The Balaban J connectivity index is 0.00000289. The Bertz CT molecular complexity index is 1030. The van der Waals surface area contributed by atoms with Crippen molar-refractivity contribution in [2.75, 3.05) is 0 Å². The van der Waals surface area contributed by atoms with Crippen LogP contribution in [-0.2, 0) is 21.9 Å². The van der Waals surface area contributed by atoms with Crippen molar-refractivity contribution in [1.82, 2.24) is 42.5 Å². The van der Waals surface area contributed by atoms with Crippen molar-refractivity contribution < 1.29 is 21.9 Å². The number of hydrogen-bond acceptors (Lipinski definition) is 11. The fourth-order valence-corrected chi connectivity index (χ4v) is 12.2. The molecule has 9 rings (SSSR count). The number of nitrogens with one attached hydrogen (secondary N) is 8. The molecule has 0 aromatic rings. The molecule has 44 heavy (non-hydrogen) atoms. The Morgan fingerprint density at radius 3 is 1.02 bits per heavy atom. The van der Waals surface area contributed by atoms with E-state index in [4.69, 9.17) is 4.84 Å². The summed E-state index contributed by atoms with van der Waals surface area (Å²) in [5.41, 5.74) is 0. The van der Waals surface area contributed by atoms with Crippen LogP contribution in [0.2, 0.25) is 0 Å². The van der Waals surface area contributed by atoms with Crippen LogP contribution in [0.25, 0.3) is 0 Å². The standard InChI is InChI=1S/C32H55N9O2.Fe/c42-41-43-23-15-7-14-22-24(23)32-39-30-21-13-6-5-12-20(21)28(37-30)35-26-17-9-2-1-8-16(17)25(33-26)34-27-18-10-3-4-11-19(18)29(36-27)38-31(22)40-32;/h16-40H,1-15H2;. The molecule has 8 N–H and O–H groups in total. The van der Waals surface area contributed by atoms with Crippen molar-refractivity contribution >= 4 is 0 Å². The molecule has 11 nitrogen and oxygen atoms in total. The normalized spacial score (nSPS) is 54.7. The van der Waals surface area contributed by atoms with Crippen molar-refractivity contribution in [2.24, 2.45) is 52.7 Å². The molecule has 0 radical (unpaired) electrons. The first kappa shape index (κ1) is 30.9. The van der Waals surface area contributed by atoms with E-state index < -0.39 is 0 Å². The number of hydrogen-bond donors (Lipinski definition) is 8. The quantitative estimate of drug-likeness (QED) is 0.128. The van der Waals surface area contributed by atoms with E-state index in [1.807, 2.05) is 0 Å². The third kappa shape index (κ3) is 5.31. The molecule has 0 spiro atoms. The summed E-state index contributed by atoms with van der Waals surface area (Å²) in [5.74, 6) is 4.55. The Kier molecular flexibility index (Phi) is 9.06. The smallest absolute Gasteiger partial charge is 0.155 e. The van der Waals surface area contributed by atoms with Crippen molar-refractivity contribution in [3.63, 3.8) is 0 Å². The molecule has 17 atom stereocenters. The molecule has 17 unspecified atom stereocenters. The Morgan fingerprint density at radius 2 is 0.682 bits per heavy atom. The zero-order valence-electron chi connectivity index (χ0n) is 26.0. The summed E-state index contributed by atoms with van der Waals surface area (Å²) in [5, 5.41) is 36.1. The SMILES string of the molecule is O=NOC1CCCC2C3NC4NC(NC5NC(NC6NC(NC(N3)C12)C1CCCCC61)C1CCCCC51)C1CCCCC41.[Fe]. The maximum absolute atomic E-state index is 11.4. The molecule has 0 aromatic carbocycles. The van der Waals surface area contributed by atoms with Gasteiger partial charge in [-0.1, -0.05) is 38.5 Å². The van der Waals surface area contributed by atoms with Crippen molar-refractivity contribution in [3.05, 3.63) is 4.91 Å². The zero-order chi connectivity index (χ0) is 28.5. The molecule has 12 heteroatoms. The minimum absolute atomic E-state index is 0. The van der Waals surface area contributed by atoms with Gasteiger partial charge in [-0.05, 0) is 99.2 Å². The van der Waals surface area contributed by atoms with Crippen LogP contribution in [-0.4, -0.2) is 55.4 Å². The molecule has 9 aliphatic rings. The van der Waals surface area contributed by atoms with Gasteiger partial charge in [-0.15, -0.1) is 4.91 Å². The summed E-state index contributed by atoms with van der Waals surface area (Å²) < 4.78 is 0. The molecule has 5 aliphatic heterocycles. The van der Waals surface area contributed by atoms with Crippen LogP contribution in [0.4, 0.5) is 0 Å². The van der Waals surface area contributed by atoms with Gasteiger partial charge in [-0.3, -0.25) is 42.5 Å². The molecular formula is C32H55FeN9O2. The first-order valence-corrected chi connectivity index (χ1v) is 18.3. The molecule has 5 saturated heterocycles. The first-order chi connectivity index (χ1) is 21.2. The molecule has 248 valence electrons. The van der Waals surface area contributed by atoms with Crippen LogP contribution in [0.3, 0.4) is 0 Å². The van der Waals surface area contributed by atoms with Crippen LogP contribution >= 0.6 is 0 Å². The Morgan fingerprint density at radius 1 is 0.386 bits per heavy atom. The van der Waals surface area contributed by atoms with Crippen molar-refractivity contribution in [1.29, 1.82) is 0 Å². The van der Waals surface area contributed by atoms with E-state index in [1.54, 1.807) is 0 Å². The van der Waals surface area contributed by atoms with Crippen LogP contribution in [0.1, 0.15) is 96.3 Å². The topological polar surface area (TPSA) is 135 Å². The second kappa shape index (κ2) is 12.9. The van der Waals surface area contributed by atoms with Gasteiger partial charge in [0.05, 0.1) is 49.3 Å². The van der Waals surface area contributed by atoms with Gasteiger partial charge < -0.3 is 4.84 Å². The fraction of sp³-hybridized carbons (Fsp3) is 1.00. The summed E-state index contributed by atoms with van der Waals surface area (Å²) >= 11 is 0. The number of rotatable bonds is 2. The van der Waals surface area contributed by atoms with Gasteiger partial charge >= 0.3 is 0 Å². The van der Waals surface area contributed by atoms with Crippen LogP contribution in [0.5, 0.6) is 0 Å². The van der Waals surface area contributed by atoms with E-state index in [0.717, 1.165) is 19.3 Å². The van der Waals surface area contributed by atoms with E-state index in [-0.39, 0.29) is 53.8 Å². The number of fused-ring (bicyclic) bond motifs is 20. The van der Waals surface area contributed by atoms with Gasteiger partial charge in [-0.25, -0.2) is 0 Å². The third-order valence-electron chi connectivity index (χ3n) is 14.0. The van der Waals surface area contributed by atoms with Crippen molar-refractivity contribution in [2.45, 2.75) is 152 Å². The average molecular weight is 654 g/mol. The minimum atomic E-state index is -0.135. The summed E-state index contributed by atoms with van der Waals surface area (Å²) in [6.07, 6.45) is 21.0. The summed E-state index contributed by atoms with van der Waals surface area (Å²) in [4.78, 5) is 17.0.